The number of aromatic nitrogens is 2. The van der Waals surface area contributed by atoms with Gasteiger partial charge in [0.15, 0.2) is 0 Å². The summed E-state index contributed by atoms with van der Waals surface area (Å²) in [7, 11) is 0. The standard InChI is InChI=1S/C21H27N5O/c1-15(2)10-18-6-5-7-24-25-21(16(3)11-18)19-12-20(23-14-22-19)26-8-9-27-17(4)13-26/h5-6,10-12,14,17,24H,3,7-9,13H2,1-2,4H3/b6-5-,18-11+,25-21+/t17-/m1/s1. The predicted octanol–water partition coefficient (Wildman–Crippen LogP) is 3.01. The molecule has 1 saturated heterocycles. The molecule has 0 aliphatic carbocycles. The Hall–Kier alpha value is -2.73. The van der Waals surface area contributed by atoms with Crippen molar-refractivity contribution in [1.82, 2.24) is 15.4 Å². The van der Waals surface area contributed by atoms with Crippen LogP contribution in [0.2, 0.25) is 0 Å². The van der Waals surface area contributed by atoms with Crippen molar-refractivity contribution in [3.8, 4) is 0 Å². The van der Waals surface area contributed by atoms with E-state index in [1.54, 1.807) is 6.33 Å². The minimum atomic E-state index is 0.191. The van der Waals surface area contributed by atoms with Crippen molar-refractivity contribution in [2.24, 2.45) is 5.10 Å². The largest absolute Gasteiger partial charge is 0.375 e. The molecule has 0 bridgehead atoms. The summed E-state index contributed by atoms with van der Waals surface area (Å²) in [5.74, 6) is 0.886. The van der Waals surface area contributed by atoms with Gasteiger partial charge in [-0.3, -0.25) is 0 Å². The molecule has 3 rings (SSSR count). The zero-order valence-corrected chi connectivity index (χ0v) is 16.3. The normalized spacial score (nSPS) is 25.7. The van der Waals surface area contributed by atoms with Crippen LogP contribution in [0.5, 0.6) is 0 Å². The molecular formula is C21H27N5O. The fourth-order valence-electron chi connectivity index (χ4n) is 3.08. The molecule has 0 amide bonds. The third kappa shape index (κ3) is 5.14. The Kier molecular flexibility index (Phi) is 6.19. The summed E-state index contributed by atoms with van der Waals surface area (Å²) in [4.78, 5) is 11.1. The van der Waals surface area contributed by atoms with Gasteiger partial charge in [-0.15, -0.1) is 0 Å². The lowest BCUT2D eigenvalue weighted by molar-refractivity contribution is 0.0529. The molecule has 0 spiro atoms. The van der Waals surface area contributed by atoms with Gasteiger partial charge < -0.3 is 15.1 Å². The van der Waals surface area contributed by atoms with Crippen LogP contribution in [0.15, 0.2) is 65.1 Å². The molecule has 0 unspecified atom stereocenters. The molecule has 1 atom stereocenters. The highest BCUT2D eigenvalue weighted by molar-refractivity contribution is 6.13. The van der Waals surface area contributed by atoms with Crippen molar-refractivity contribution >= 4 is 11.5 Å². The van der Waals surface area contributed by atoms with E-state index < -0.39 is 0 Å². The van der Waals surface area contributed by atoms with Crippen LogP contribution < -0.4 is 10.3 Å². The van der Waals surface area contributed by atoms with Crippen LogP contribution in [0, 0.1) is 0 Å². The van der Waals surface area contributed by atoms with E-state index in [2.05, 4.69) is 64.9 Å². The summed E-state index contributed by atoms with van der Waals surface area (Å²) < 4.78 is 5.63. The lowest BCUT2D eigenvalue weighted by Gasteiger charge is -2.32. The molecule has 0 aromatic carbocycles. The van der Waals surface area contributed by atoms with E-state index in [4.69, 9.17) is 4.74 Å². The molecule has 6 nitrogen and oxygen atoms in total. The number of nitrogens with one attached hydrogen (secondary N) is 1. The number of hydrogen-bond acceptors (Lipinski definition) is 6. The molecule has 1 aromatic rings. The molecule has 2 aliphatic rings. The zero-order chi connectivity index (χ0) is 19.2. The summed E-state index contributed by atoms with van der Waals surface area (Å²) in [6, 6.07) is 1.98. The topological polar surface area (TPSA) is 62.6 Å². The van der Waals surface area contributed by atoms with Gasteiger partial charge in [0.05, 0.1) is 24.9 Å². The SMILES string of the molecule is C=C1/C=C(C=C(C)C)\C=C/CN/N=C\1c1cc(N2CCO[C@H](C)C2)ncn1. The molecule has 1 aromatic heterocycles. The van der Waals surface area contributed by atoms with Gasteiger partial charge in [-0.25, -0.2) is 9.97 Å². The van der Waals surface area contributed by atoms with Gasteiger partial charge in [0.1, 0.15) is 17.9 Å². The quantitative estimate of drug-likeness (QED) is 0.892. The van der Waals surface area contributed by atoms with Crippen LogP contribution >= 0.6 is 0 Å². The average molecular weight is 365 g/mol. The zero-order valence-electron chi connectivity index (χ0n) is 16.3. The monoisotopic (exact) mass is 365 g/mol. The fraction of sp³-hybridized carbons (Fsp3) is 0.381. The van der Waals surface area contributed by atoms with E-state index in [0.717, 1.165) is 41.5 Å². The van der Waals surface area contributed by atoms with Crippen LogP contribution in [-0.4, -0.2) is 48.0 Å². The highest BCUT2D eigenvalue weighted by atomic mass is 16.5. The van der Waals surface area contributed by atoms with Crippen molar-refractivity contribution in [2.75, 3.05) is 31.1 Å². The highest BCUT2D eigenvalue weighted by Crippen LogP contribution is 2.19. The Bertz CT molecular complexity index is 818. The van der Waals surface area contributed by atoms with Crippen LogP contribution in [0.1, 0.15) is 26.5 Å². The number of nitrogens with zero attached hydrogens (tertiary/aromatic N) is 4. The summed E-state index contributed by atoms with van der Waals surface area (Å²) >= 11 is 0. The minimum absolute atomic E-state index is 0.191. The van der Waals surface area contributed by atoms with Crippen molar-refractivity contribution in [2.45, 2.75) is 26.9 Å². The first-order chi connectivity index (χ1) is 13.0. The summed E-state index contributed by atoms with van der Waals surface area (Å²) in [6.45, 7) is 13.4. The summed E-state index contributed by atoms with van der Waals surface area (Å²) in [5, 5.41) is 4.53. The average Bonchev–Trinajstić information content (AvgIpc) is 2.72. The molecule has 1 N–H and O–H groups in total. The smallest absolute Gasteiger partial charge is 0.132 e. The fourth-order valence-corrected chi connectivity index (χ4v) is 3.08. The van der Waals surface area contributed by atoms with Crippen molar-refractivity contribution < 1.29 is 4.74 Å². The minimum Gasteiger partial charge on any atom is -0.375 e. The predicted molar refractivity (Wildman–Crippen MR) is 110 cm³/mol. The van der Waals surface area contributed by atoms with E-state index in [9.17, 15) is 0 Å². The summed E-state index contributed by atoms with van der Waals surface area (Å²) in [5.41, 5.74) is 7.69. The van der Waals surface area contributed by atoms with E-state index in [1.165, 1.54) is 5.57 Å². The van der Waals surface area contributed by atoms with E-state index in [1.807, 2.05) is 18.2 Å². The van der Waals surface area contributed by atoms with Gasteiger partial charge >= 0.3 is 0 Å². The number of hydrogen-bond donors (Lipinski definition) is 1. The van der Waals surface area contributed by atoms with Crippen molar-refractivity contribution in [3.63, 3.8) is 0 Å². The van der Waals surface area contributed by atoms with Crippen LogP contribution in [0.25, 0.3) is 0 Å². The van der Waals surface area contributed by atoms with Crippen molar-refractivity contribution in [1.29, 1.82) is 0 Å². The van der Waals surface area contributed by atoms with E-state index in [-0.39, 0.29) is 6.10 Å². The van der Waals surface area contributed by atoms with Crippen LogP contribution in [0.4, 0.5) is 5.82 Å². The molecule has 27 heavy (non-hydrogen) atoms. The number of allylic oxidation sites excluding steroid dienone is 6. The lowest BCUT2D eigenvalue weighted by Crippen LogP contribution is -2.41. The molecule has 0 saturated carbocycles. The number of hydrazone groups is 1. The van der Waals surface area contributed by atoms with Gasteiger partial charge in [0.25, 0.3) is 0 Å². The molecule has 2 aliphatic heterocycles. The Morgan fingerprint density at radius 1 is 1.37 bits per heavy atom. The maximum Gasteiger partial charge on any atom is 0.132 e. The van der Waals surface area contributed by atoms with Crippen LogP contribution in [0.3, 0.4) is 0 Å². The first kappa shape index (κ1) is 19.0. The summed E-state index contributed by atoms with van der Waals surface area (Å²) in [6.07, 6.45) is 10.1. The molecule has 0 radical (unpaired) electrons. The van der Waals surface area contributed by atoms with Crippen LogP contribution in [-0.2, 0) is 4.74 Å². The van der Waals surface area contributed by atoms with Crippen molar-refractivity contribution in [3.05, 3.63) is 65.7 Å². The van der Waals surface area contributed by atoms with Gasteiger partial charge in [0.2, 0.25) is 0 Å². The molecule has 142 valence electrons. The van der Waals surface area contributed by atoms with E-state index >= 15 is 0 Å². The highest BCUT2D eigenvalue weighted by Gasteiger charge is 2.19. The molecule has 6 heteroatoms. The van der Waals surface area contributed by atoms with E-state index in [0.29, 0.717) is 13.2 Å². The number of morpholine rings is 1. The molecule has 1 fully saturated rings. The first-order valence-corrected chi connectivity index (χ1v) is 9.25. The second kappa shape index (κ2) is 8.77. The maximum absolute atomic E-state index is 5.63. The van der Waals surface area contributed by atoms with Gasteiger partial charge in [-0.1, -0.05) is 30.4 Å². The number of ether oxygens (including phenoxy) is 1. The second-order valence-electron chi connectivity index (χ2n) is 7.01. The van der Waals surface area contributed by atoms with Gasteiger partial charge in [0, 0.05) is 19.2 Å². The first-order valence-electron chi connectivity index (χ1n) is 9.25. The molecular weight excluding hydrogens is 338 g/mol. The van der Waals surface area contributed by atoms with Gasteiger partial charge in [-0.05, 0) is 38.0 Å². The Labute approximate surface area is 161 Å². The van der Waals surface area contributed by atoms with Gasteiger partial charge in [-0.2, -0.15) is 5.10 Å². The second-order valence-corrected chi connectivity index (χ2v) is 7.01. The molecule has 3 heterocycles. The number of anilines is 1. The third-order valence-corrected chi connectivity index (χ3v) is 4.27. The number of rotatable bonds is 3. The Balaban J connectivity index is 1.91. The third-order valence-electron chi connectivity index (χ3n) is 4.27. The maximum atomic E-state index is 5.63. The Morgan fingerprint density at radius 3 is 3.00 bits per heavy atom. The Morgan fingerprint density at radius 2 is 2.22 bits per heavy atom. The lowest BCUT2D eigenvalue weighted by atomic mass is 10.0.